The lowest BCUT2D eigenvalue weighted by Gasteiger charge is -2.17. The van der Waals surface area contributed by atoms with E-state index in [4.69, 9.17) is 9.47 Å². The highest BCUT2D eigenvalue weighted by Gasteiger charge is 2.20. The number of aryl methyl sites for hydroxylation is 1. The minimum Gasteiger partial charge on any atom is -0.465 e. The lowest BCUT2D eigenvalue weighted by atomic mass is 9.99. The number of hydrogen-bond acceptors (Lipinski definition) is 6. The Hall–Kier alpha value is -2.24. The maximum absolute atomic E-state index is 13.1. The van der Waals surface area contributed by atoms with Crippen LogP contribution in [-0.2, 0) is 25.5 Å². The van der Waals surface area contributed by atoms with Gasteiger partial charge in [-0.1, -0.05) is 175 Å². The van der Waals surface area contributed by atoms with Gasteiger partial charge < -0.3 is 9.47 Å². The number of carbonyl (C=O) groups excluding carboxylic acids is 3. The molecule has 0 unspecified atom stereocenters. The third-order valence-electron chi connectivity index (χ3n) is 9.90. The number of pyridine rings is 1. The second-order valence-corrected chi connectivity index (χ2v) is 14.7. The van der Waals surface area contributed by atoms with Crippen LogP contribution >= 0.6 is 0 Å². The molecule has 6 nitrogen and oxygen atoms in total. The number of carbonyl (C=O) groups is 3. The normalized spacial score (nSPS) is 11.3. The van der Waals surface area contributed by atoms with Crippen LogP contribution in [0.15, 0.2) is 18.3 Å². The number of esters is 2. The summed E-state index contributed by atoms with van der Waals surface area (Å²) in [6.45, 7) is 6.70. The molecule has 1 aromatic rings. The van der Waals surface area contributed by atoms with Crippen LogP contribution in [0.25, 0.3) is 0 Å². The van der Waals surface area contributed by atoms with Gasteiger partial charge in [0.05, 0.1) is 13.2 Å². The predicted molar refractivity (Wildman–Crippen MR) is 209 cm³/mol. The minimum absolute atomic E-state index is 0.0489. The molecule has 1 rings (SSSR count). The summed E-state index contributed by atoms with van der Waals surface area (Å²) in [4.78, 5) is 42.5. The van der Waals surface area contributed by atoms with E-state index < -0.39 is 0 Å². The van der Waals surface area contributed by atoms with E-state index in [0.29, 0.717) is 18.4 Å². The van der Waals surface area contributed by atoms with Crippen LogP contribution in [0, 0.1) is 5.92 Å². The van der Waals surface area contributed by atoms with Crippen molar-refractivity contribution in [1.29, 1.82) is 0 Å². The Morgan fingerprint density at radius 2 is 0.900 bits per heavy atom. The maximum Gasteiger partial charge on any atom is 0.305 e. The van der Waals surface area contributed by atoms with E-state index >= 15 is 0 Å². The molecule has 0 fully saturated rings. The Morgan fingerprint density at radius 3 is 1.26 bits per heavy atom. The van der Waals surface area contributed by atoms with Crippen molar-refractivity contribution >= 4 is 17.7 Å². The number of ketones is 1. The number of Topliss-reactive ketones (excluding diaryl/α,β-unsaturated/α-hetero) is 1. The SMILES string of the molecule is CCCCCCCCCCCCCCCC(=O)OCC(COC(=O)CCCCCCCCCCCCCCC)CC(=O)c1ccnc(CC)c1. The monoisotopic (exact) mass is 700 g/mol. The fourth-order valence-corrected chi connectivity index (χ4v) is 6.53. The summed E-state index contributed by atoms with van der Waals surface area (Å²) in [7, 11) is 0. The molecule has 0 spiro atoms. The van der Waals surface area contributed by atoms with Crippen LogP contribution in [0.3, 0.4) is 0 Å². The van der Waals surface area contributed by atoms with Gasteiger partial charge in [0.2, 0.25) is 0 Å². The molecule has 0 saturated carbocycles. The number of rotatable bonds is 36. The Kier molecular flexibility index (Phi) is 31.0. The predicted octanol–water partition coefficient (Wildman–Crippen LogP) is 12.9. The van der Waals surface area contributed by atoms with Gasteiger partial charge in [-0.2, -0.15) is 0 Å². The van der Waals surface area contributed by atoms with Gasteiger partial charge in [-0.25, -0.2) is 0 Å². The molecular formula is C44H77NO5. The second kappa shape index (κ2) is 33.9. The van der Waals surface area contributed by atoms with Gasteiger partial charge in [-0.3, -0.25) is 19.4 Å². The molecule has 0 bridgehead atoms. The van der Waals surface area contributed by atoms with E-state index in [1.165, 1.54) is 128 Å². The Labute approximate surface area is 308 Å². The van der Waals surface area contributed by atoms with Gasteiger partial charge in [0.25, 0.3) is 0 Å². The number of ether oxygens (including phenoxy) is 2. The van der Waals surface area contributed by atoms with Gasteiger partial charge in [0.15, 0.2) is 5.78 Å². The molecule has 1 heterocycles. The maximum atomic E-state index is 13.1. The highest BCUT2D eigenvalue weighted by atomic mass is 16.5. The molecule has 288 valence electrons. The molecule has 0 aliphatic heterocycles. The van der Waals surface area contributed by atoms with Crippen molar-refractivity contribution in [2.75, 3.05) is 13.2 Å². The average molecular weight is 700 g/mol. The molecule has 0 amide bonds. The molecule has 0 N–H and O–H groups in total. The molecule has 50 heavy (non-hydrogen) atoms. The molecule has 0 aromatic carbocycles. The fraction of sp³-hybridized carbons (Fsp3) is 0.818. The number of aromatic nitrogens is 1. The first-order valence-electron chi connectivity index (χ1n) is 21.3. The minimum atomic E-state index is -0.369. The summed E-state index contributed by atoms with van der Waals surface area (Å²) in [5.41, 5.74) is 1.46. The molecule has 0 radical (unpaired) electrons. The standard InChI is InChI=1S/C44H77NO5/c1-4-7-9-11-13-15-17-19-21-23-25-27-29-31-43(47)49-37-39(35-42(46)40-33-34-45-41(6-3)36-40)38-50-44(48)32-30-28-26-24-22-20-18-16-14-12-10-8-5-2/h33-34,36,39H,4-32,35,37-38H2,1-3H3. The molecule has 1 aromatic heterocycles. The van der Waals surface area contributed by atoms with Crippen LogP contribution in [0.1, 0.15) is 223 Å². The molecule has 0 saturated heterocycles. The van der Waals surface area contributed by atoms with Gasteiger partial charge >= 0.3 is 11.9 Å². The van der Waals surface area contributed by atoms with Crippen molar-refractivity contribution < 1.29 is 23.9 Å². The summed E-state index contributed by atoms with van der Waals surface area (Å²) >= 11 is 0. The number of hydrogen-bond donors (Lipinski definition) is 0. The molecule has 0 atom stereocenters. The van der Waals surface area contributed by atoms with Gasteiger partial charge in [0.1, 0.15) is 0 Å². The van der Waals surface area contributed by atoms with E-state index in [2.05, 4.69) is 18.8 Å². The van der Waals surface area contributed by atoms with Gasteiger partial charge in [0, 0.05) is 42.6 Å². The van der Waals surface area contributed by atoms with E-state index in [0.717, 1.165) is 50.6 Å². The summed E-state index contributed by atoms with van der Waals surface area (Å²) in [6.07, 6.45) is 36.1. The highest BCUT2D eigenvalue weighted by molar-refractivity contribution is 5.96. The number of unbranched alkanes of at least 4 members (excludes halogenated alkanes) is 24. The van der Waals surface area contributed by atoms with Gasteiger partial charge in [-0.15, -0.1) is 0 Å². The van der Waals surface area contributed by atoms with Crippen LogP contribution in [0.5, 0.6) is 0 Å². The first-order valence-corrected chi connectivity index (χ1v) is 21.3. The van der Waals surface area contributed by atoms with Crippen LogP contribution in [0.2, 0.25) is 0 Å². The van der Waals surface area contributed by atoms with Crippen LogP contribution in [0.4, 0.5) is 0 Å². The lowest BCUT2D eigenvalue weighted by Crippen LogP contribution is -2.23. The molecule has 0 aliphatic rings. The van der Waals surface area contributed by atoms with Crippen molar-refractivity contribution in [2.45, 2.75) is 213 Å². The van der Waals surface area contributed by atoms with Gasteiger partial charge in [-0.05, 0) is 31.4 Å². The molecule has 0 aliphatic carbocycles. The first kappa shape index (κ1) is 45.8. The topological polar surface area (TPSA) is 82.6 Å². The molecule has 6 heteroatoms. The largest absolute Gasteiger partial charge is 0.465 e. The third-order valence-corrected chi connectivity index (χ3v) is 9.90. The fourth-order valence-electron chi connectivity index (χ4n) is 6.53. The summed E-state index contributed by atoms with van der Waals surface area (Å²) in [5, 5.41) is 0. The number of nitrogens with zero attached hydrogens (tertiary/aromatic N) is 1. The zero-order chi connectivity index (χ0) is 36.3. The zero-order valence-corrected chi connectivity index (χ0v) is 32.9. The first-order chi connectivity index (χ1) is 24.5. The zero-order valence-electron chi connectivity index (χ0n) is 32.9. The van der Waals surface area contributed by atoms with E-state index in [1.54, 1.807) is 12.3 Å². The van der Waals surface area contributed by atoms with Crippen molar-refractivity contribution in [3.05, 3.63) is 29.6 Å². The molecular weight excluding hydrogens is 622 g/mol. The van der Waals surface area contributed by atoms with Crippen molar-refractivity contribution in [2.24, 2.45) is 5.92 Å². The smallest absolute Gasteiger partial charge is 0.305 e. The highest BCUT2D eigenvalue weighted by Crippen LogP contribution is 2.17. The Balaban J connectivity index is 2.30. The lowest BCUT2D eigenvalue weighted by molar-refractivity contribution is -0.149. The van der Waals surface area contributed by atoms with Crippen molar-refractivity contribution in [3.8, 4) is 0 Å². The average Bonchev–Trinajstić information content (AvgIpc) is 3.13. The summed E-state index contributed by atoms with van der Waals surface area (Å²) in [5.74, 6) is -0.888. The van der Waals surface area contributed by atoms with E-state index in [9.17, 15) is 14.4 Å². The third kappa shape index (κ3) is 27.5. The quantitative estimate of drug-likeness (QED) is 0.0394. The van der Waals surface area contributed by atoms with Crippen LogP contribution < -0.4 is 0 Å². The summed E-state index contributed by atoms with van der Waals surface area (Å²) in [6, 6.07) is 3.54. The van der Waals surface area contributed by atoms with E-state index in [1.807, 2.05) is 13.0 Å². The summed E-state index contributed by atoms with van der Waals surface area (Å²) < 4.78 is 11.2. The second-order valence-electron chi connectivity index (χ2n) is 14.7. The van der Waals surface area contributed by atoms with Crippen molar-refractivity contribution in [3.63, 3.8) is 0 Å². The van der Waals surface area contributed by atoms with E-state index in [-0.39, 0.29) is 43.3 Å². The van der Waals surface area contributed by atoms with Crippen LogP contribution in [-0.4, -0.2) is 35.9 Å². The Bertz CT molecular complexity index is 917. The Morgan fingerprint density at radius 1 is 0.540 bits per heavy atom. The van der Waals surface area contributed by atoms with Crippen molar-refractivity contribution in [1.82, 2.24) is 4.98 Å².